The van der Waals surface area contributed by atoms with Gasteiger partial charge in [0.1, 0.15) is 17.4 Å². The maximum atomic E-state index is 14.1. The number of fused-ring (bicyclic) bond motifs is 1. The van der Waals surface area contributed by atoms with Crippen LogP contribution in [-0.2, 0) is 22.6 Å². The Labute approximate surface area is 203 Å². The van der Waals surface area contributed by atoms with Crippen molar-refractivity contribution >= 4 is 11.8 Å². The molecule has 7 heteroatoms. The summed E-state index contributed by atoms with van der Waals surface area (Å²) < 4.78 is 33.1. The third-order valence-corrected chi connectivity index (χ3v) is 6.19. The van der Waals surface area contributed by atoms with Crippen LogP contribution in [0.15, 0.2) is 66.7 Å². The van der Waals surface area contributed by atoms with E-state index in [1.807, 2.05) is 31.2 Å². The summed E-state index contributed by atoms with van der Waals surface area (Å²) in [5.74, 6) is -0.529. The van der Waals surface area contributed by atoms with Crippen molar-refractivity contribution in [3.8, 4) is 5.75 Å². The number of benzene rings is 3. The minimum atomic E-state index is -0.780. The van der Waals surface area contributed by atoms with Gasteiger partial charge in [0.15, 0.2) is 6.10 Å². The Morgan fingerprint density at radius 2 is 1.83 bits per heavy atom. The van der Waals surface area contributed by atoms with Gasteiger partial charge >= 0.3 is 0 Å². The van der Waals surface area contributed by atoms with Crippen LogP contribution in [0.5, 0.6) is 5.75 Å². The molecule has 0 aliphatic carbocycles. The van der Waals surface area contributed by atoms with Gasteiger partial charge in [-0.15, -0.1) is 0 Å². The van der Waals surface area contributed by atoms with Gasteiger partial charge in [0.05, 0.1) is 6.04 Å². The minimum Gasteiger partial charge on any atom is -0.481 e. The molecule has 3 aromatic carbocycles. The summed E-state index contributed by atoms with van der Waals surface area (Å²) >= 11 is 0. The van der Waals surface area contributed by atoms with Crippen molar-refractivity contribution in [3.05, 3.63) is 101 Å². The van der Waals surface area contributed by atoms with E-state index in [0.717, 1.165) is 16.7 Å². The molecule has 1 aliphatic rings. The second-order valence-electron chi connectivity index (χ2n) is 8.61. The Morgan fingerprint density at radius 1 is 1.06 bits per heavy atom. The molecule has 182 valence electrons. The number of hydrogen-bond acceptors (Lipinski definition) is 3. The highest BCUT2D eigenvalue weighted by molar-refractivity contribution is 5.80. The summed E-state index contributed by atoms with van der Waals surface area (Å²) in [5.41, 5.74) is 3.38. The van der Waals surface area contributed by atoms with Crippen LogP contribution >= 0.6 is 0 Å². The lowest BCUT2D eigenvalue weighted by Gasteiger charge is -2.38. The highest BCUT2D eigenvalue weighted by Crippen LogP contribution is 2.37. The summed E-state index contributed by atoms with van der Waals surface area (Å²) in [6.45, 7) is 4.26. The largest absolute Gasteiger partial charge is 0.481 e. The first kappa shape index (κ1) is 24.4. The zero-order valence-electron chi connectivity index (χ0n) is 19.8. The standard InChI is InChI=1S/C28H28F2N2O3/c1-3-26(33)32-14-13-20-9-12-24(16-25(20)27(32)21-5-4-6-23(30)15-21)35-18(2)28(34)31-17-19-7-10-22(29)11-8-19/h4-12,15-16,18,27H,3,13-14,17H2,1-2H3,(H,31,34)/t18-,27+/m1/s1. The number of hydrogen-bond donors (Lipinski definition) is 1. The van der Waals surface area contributed by atoms with Crippen LogP contribution in [0.4, 0.5) is 8.78 Å². The molecule has 0 aromatic heterocycles. The Hall–Kier alpha value is -3.74. The number of halogens is 2. The number of carbonyl (C=O) groups is 2. The Morgan fingerprint density at radius 3 is 2.54 bits per heavy atom. The number of ether oxygens (including phenoxy) is 1. The van der Waals surface area contributed by atoms with Gasteiger partial charge < -0.3 is 15.0 Å². The molecular formula is C28H28F2N2O3. The van der Waals surface area contributed by atoms with Gasteiger partial charge in [-0.25, -0.2) is 8.78 Å². The summed E-state index contributed by atoms with van der Waals surface area (Å²) in [7, 11) is 0. The molecule has 1 N–H and O–H groups in total. The van der Waals surface area contributed by atoms with E-state index in [2.05, 4.69) is 5.32 Å². The van der Waals surface area contributed by atoms with Gasteiger partial charge in [0, 0.05) is 19.5 Å². The van der Waals surface area contributed by atoms with E-state index in [9.17, 15) is 18.4 Å². The molecule has 0 radical (unpaired) electrons. The maximum Gasteiger partial charge on any atom is 0.261 e. The molecule has 1 aliphatic heterocycles. The first-order chi connectivity index (χ1) is 16.9. The molecule has 35 heavy (non-hydrogen) atoms. The molecule has 0 saturated heterocycles. The van der Waals surface area contributed by atoms with Crippen LogP contribution < -0.4 is 10.1 Å². The van der Waals surface area contributed by atoms with Crippen LogP contribution in [0, 0.1) is 11.6 Å². The molecule has 4 rings (SSSR count). The Bertz CT molecular complexity index is 1210. The monoisotopic (exact) mass is 478 g/mol. The zero-order valence-corrected chi connectivity index (χ0v) is 19.8. The van der Waals surface area contributed by atoms with E-state index < -0.39 is 12.1 Å². The molecule has 2 amide bonds. The molecule has 5 nitrogen and oxygen atoms in total. The lowest BCUT2D eigenvalue weighted by atomic mass is 9.87. The van der Waals surface area contributed by atoms with Gasteiger partial charge in [-0.05, 0) is 72.0 Å². The van der Waals surface area contributed by atoms with E-state index >= 15 is 0 Å². The lowest BCUT2D eigenvalue weighted by Crippen LogP contribution is -2.40. The van der Waals surface area contributed by atoms with Gasteiger partial charge in [-0.1, -0.05) is 37.3 Å². The fourth-order valence-electron chi connectivity index (χ4n) is 4.37. The van der Waals surface area contributed by atoms with Gasteiger partial charge in [-0.2, -0.15) is 0 Å². The molecule has 3 aromatic rings. The van der Waals surface area contributed by atoms with E-state index in [0.29, 0.717) is 30.7 Å². The number of nitrogens with one attached hydrogen (secondary N) is 1. The van der Waals surface area contributed by atoms with Crippen molar-refractivity contribution in [1.29, 1.82) is 0 Å². The van der Waals surface area contributed by atoms with Gasteiger partial charge in [0.25, 0.3) is 5.91 Å². The molecule has 0 bridgehead atoms. The van der Waals surface area contributed by atoms with Gasteiger partial charge in [0.2, 0.25) is 5.91 Å². The van der Waals surface area contributed by atoms with Crippen molar-refractivity contribution in [3.63, 3.8) is 0 Å². The zero-order chi connectivity index (χ0) is 24.9. The second-order valence-corrected chi connectivity index (χ2v) is 8.61. The quantitative estimate of drug-likeness (QED) is 0.524. The van der Waals surface area contributed by atoms with Crippen LogP contribution in [0.2, 0.25) is 0 Å². The van der Waals surface area contributed by atoms with Crippen LogP contribution in [0.25, 0.3) is 0 Å². The van der Waals surface area contributed by atoms with Crippen molar-refractivity contribution < 1.29 is 23.1 Å². The highest BCUT2D eigenvalue weighted by atomic mass is 19.1. The first-order valence-electron chi connectivity index (χ1n) is 11.7. The number of nitrogens with zero attached hydrogens (tertiary/aromatic N) is 1. The number of rotatable bonds is 7. The average molecular weight is 479 g/mol. The normalized spacial score (nSPS) is 15.8. The second kappa shape index (κ2) is 10.7. The smallest absolute Gasteiger partial charge is 0.261 e. The summed E-state index contributed by atoms with van der Waals surface area (Å²) in [6, 6.07) is 17.3. The fraction of sp³-hybridized carbons (Fsp3) is 0.286. The van der Waals surface area contributed by atoms with E-state index in [1.165, 1.54) is 24.3 Å². The topological polar surface area (TPSA) is 58.6 Å². The SMILES string of the molecule is CCC(=O)N1CCc2ccc(O[C@H](C)C(=O)NCc3ccc(F)cc3)cc2[C@@H]1c1cccc(F)c1. The lowest BCUT2D eigenvalue weighted by molar-refractivity contribution is -0.133. The van der Waals surface area contributed by atoms with Crippen LogP contribution in [-0.4, -0.2) is 29.4 Å². The summed E-state index contributed by atoms with van der Waals surface area (Å²) in [5, 5.41) is 2.79. The average Bonchev–Trinajstić information content (AvgIpc) is 2.86. The number of amides is 2. The highest BCUT2D eigenvalue weighted by Gasteiger charge is 2.32. The van der Waals surface area contributed by atoms with Crippen LogP contribution in [0.3, 0.4) is 0 Å². The van der Waals surface area contributed by atoms with Crippen molar-refractivity contribution in [2.24, 2.45) is 0 Å². The predicted octanol–water partition coefficient (Wildman–Crippen LogP) is 4.93. The molecule has 2 atom stereocenters. The van der Waals surface area contributed by atoms with E-state index in [4.69, 9.17) is 4.74 Å². The summed E-state index contributed by atoms with van der Waals surface area (Å²) in [4.78, 5) is 27.1. The third-order valence-electron chi connectivity index (χ3n) is 6.19. The minimum absolute atomic E-state index is 0.00947. The van der Waals surface area contributed by atoms with Gasteiger partial charge in [-0.3, -0.25) is 9.59 Å². The van der Waals surface area contributed by atoms with Crippen LogP contribution in [0.1, 0.15) is 48.6 Å². The molecule has 0 fully saturated rings. The van der Waals surface area contributed by atoms with Crippen molar-refractivity contribution in [1.82, 2.24) is 10.2 Å². The van der Waals surface area contributed by atoms with E-state index in [1.54, 1.807) is 30.0 Å². The molecule has 0 unspecified atom stereocenters. The molecule has 0 spiro atoms. The number of carbonyl (C=O) groups excluding carboxylic acids is 2. The maximum absolute atomic E-state index is 14.1. The molecule has 1 heterocycles. The van der Waals surface area contributed by atoms with Crippen molar-refractivity contribution in [2.75, 3.05) is 6.54 Å². The Balaban J connectivity index is 1.54. The van der Waals surface area contributed by atoms with E-state index in [-0.39, 0.29) is 30.0 Å². The fourth-order valence-corrected chi connectivity index (χ4v) is 4.37. The first-order valence-corrected chi connectivity index (χ1v) is 11.7. The third kappa shape index (κ3) is 5.67. The molecular weight excluding hydrogens is 450 g/mol. The molecule has 0 saturated carbocycles. The predicted molar refractivity (Wildman–Crippen MR) is 129 cm³/mol. The Kier molecular flexibility index (Phi) is 7.44. The summed E-state index contributed by atoms with van der Waals surface area (Å²) in [6.07, 6.45) is 0.252. The van der Waals surface area contributed by atoms with Crippen molar-refractivity contribution in [2.45, 2.75) is 45.4 Å².